The molecule has 8 heteroatoms. The minimum atomic E-state index is -3.72. The van der Waals surface area contributed by atoms with Crippen molar-refractivity contribution in [3.63, 3.8) is 0 Å². The average molecular weight is 313 g/mol. The third kappa shape index (κ3) is 3.87. The van der Waals surface area contributed by atoms with Crippen LogP contribution in [0.3, 0.4) is 0 Å². The monoisotopic (exact) mass is 313 g/mol. The van der Waals surface area contributed by atoms with Gasteiger partial charge in [-0.05, 0) is 17.7 Å². The zero-order valence-electron chi connectivity index (χ0n) is 11.7. The lowest BCUT2D eigenvalue weighted by molar-refractivity contribution is 0.107. The van der Waals surface area contributed by atoms with Gasteiger partial charge in [-0.1, -0.05) is 12.1 Å². The minimum Gasteiger partial charge on any atom is -0.375 e. The maximum Gasteiger partial charge on any atom is 0.259 e. The van der Waals surface area contributed by atoms with E-state index in [4.69, 9.17) is 4.74 Å². The summed E-state index contributed by atoms with van der Waals surface area (Å²) >= 11 is 0. The van der Waals surface area contributed by atoms with Gasteiger partial charge in [-0.3, -0.25) is 0 Å². The molecule has 0 radical (unpaired) electrons. The van der Waals surface area contributed by atoms with E-state index < -0.39 is 21.9 Å². The predicted octanol–water partition coefficient (Wildman–Crippen LogP) is 1.23. The van der Waals surface area contributed by atoms with Gasteiger partial charge in [0.05, 0.1) is 12.4 Å². The fourth-order valence-electron chi connectivity index (χ4n) is 1.83. The van der Waals surface area contributed by atoms with E-state index in [0.29, 0.717) is 5.56 Å². The number of rotatable bonds is 6. The molecule has 0 fully saturated rings. The molecule has 21 heavy (non-hydrogen) atoms. The van der Waals surface area contributed by atoms with E-state index in [-0.39, 0.29) is 11.6 Å². The van der Waals surface area contributed by atoms with Crippen LogP contribution in [0.15, 0.2) is 41.8 Å². The molecule has 2 aromatic rings. The van der Waals surface area contributed by atoms with Crippen LogP contribution in [0.25, 0.3) is 0 Å². The maximum absolute atomic E-state index is 13.2. The summed E-state index contributed by atoms with van der Waals surface area (Å²) in [5.41, 5.74) is 0.557. The average Bonchev–Trinajstić information content (AvgIpc) is 2.87. The molecule has 0 saturated carbocycles. The van der Waals surface area contributed by atoms with E-state index in [0.717, 1.165) is 0 Å². The number of imidazole rings is 1. The van der Waals surface area contributed by atoms with Crippen LogP contribution in [0.1, 0.15) is 11.7 Å². The molecule has 0 aliphatic carbocycles. The summed E-state index contributed by atoms with van der Waals surface area (Å²) in [5.74, 6) is -0.401. The Morgan fingerprint density at radius 1 is 1.48 bits per heavy atom. The summed E-state index contributed by atoms with van der Waals surface area (Å²) in [7, 11) is -0.606. The van der Waals surface area contributed by atoms with Crippen molar-refractivity contribution in [2.75, 3.05) is 13.7 Å². The summed E-state index contributed by atoms with van der Waals surface area (Å²) in [6.45, 7) is -0.0150. The quantitative estimate of drug-likeness (QED) is 0.870. The molecule has 2 rings (SSSR count). The van der Waals surface area contributed by atoms with Crippen molar-refractivity contribution in [2.24, 2.45) is 7.05 Å². The van der Waals surface area contributed by atoms with Gasteiger partial charge in [-0.15, -0.1) is 0 Å². The molecule has 1 aromatic carbocycles. The molecule has 0 amide bonds. The van der Waals surface area contributed by atoms with Gasteiger partial charge in [0, 0.05) is 26.9 Å². The highest BCUT2D eigenvalue weighted by Crippen LogP contribution is 2.17. The second kappa shape index (κ2) is 6.33. The van der Waals surface area contributed by atoms with Gasteiger partial charge in [-0.25, -0.2) is 22.5 Å². The van der Waals surface area contributed by atoms with Crippen LogP contribution < -0.4 is 4.72 Å². The first-order valence-electron chi connectivity index (χ1n) is 6.18. The first-order chi connectivity index (χ1) is 9.92. The molecular formula is C13H16FN3O3S. The lowest BCUT2D eigenvalue weighted by Gasteiger charge is -2.16. The van der Waals surface area contributed by atoms with Gasteiger partial charge < -0.3 is 9.30 Å². The van der Waals surface area contributed by atoms with Gasteiger partial charge in [0.1, 0.15) is 5.82 Å². The Labute approximate surface area is 122 Å². The predicted molar refractivity (Wildman–Crippen MR) is 74.5 cm³/mol. The van der Waals surface area contributed by atoms with Crippen molar-refractivity contribution in [2.45, 2.75) is 11.1 Å². The Hall–Kier alpha value is -1.77. The summed E-state index contributed by atoms with van der Waals surface area (Å²) in [6, 6.07) is 5.84. The topological polar surface area (TPSA) is 73.2 Å². The Morgan fingerprint density at radius 2 is 2.24 bits per heavy atom. The Balaban J connectivity index is 2.10. The van der Waals surface area contributed by atoms with Crippen molar-refractivity contribution < 1.29 is 17.5 Å². The summed E-state index contributed by atoms with van der Waals surface area (Å²) in [4.78, 5) is 3.79. The fourth-order valence-corrected chi connectivity index (χ4v) is 2.84. The molecule has 1 atom stereocenters. The van der Waals surface area contributed by atoms with Crippen LogP contribution in [0.4, 0.5) is 4.39 Å². The van der Waals surface area contributed by atoms with Crippen LogP contribution in [-0.4, -0.2) is 31.6 Å². The lowest BCUT2D eigenvalue weighted by Crippen LogP contribution is -2.29. The third-order valence-electron chi connectivity index (χ3n) is 2.92. The highest BCUT2D eigenvalue weighted by atomic mass is 32.2. The van der Waals surface area contributed by atoms with E-state index in [1.807, 2.05) is 0 Å². The summed E-state index contributed by atoms with van der Waals surface area (Å²) in [6.07, 6.45) is 2.21. The molecule has 0 aliphatic rings. The standard InChI is InChI=1S/C13H16FN3O3S/c1-17-8-13(15-9-17)21(18,19)16-7-12(20-2)10-4-3-5-11(14)6-10/h3-6,8-9,12,16H,7H2,1-2H3/t12-/m1/s1. The number of halogens is 1. The van der Waals surface area contributed by atoms with Crippen molar-refractivity contribution in [3.8, 4) is 0 Å². The van der Waals surface area contributed by atoms with Crippen LogP contribution in [-0.2, 0) is 21.8 Å². The van der Waals surface area contributed by atoms with Crippen LogP contribution in [0.2, 0.25) is 0 Å². The van der Waals surface area contributed by atoms with Crippen LogP contribution in [0, 0.1) is 5.82 Å². The van der Waals surface area contributed by atoms with Crippen molar-refractivity contribution >= 4 is 10.0 Å². The van der Waals surface area contributed by atoms with Crippen LogP contribution >= 0.6 is 0 Å². The molecule has 114 valence electrons. The van der Waals surface area contributed by atoms with Crippen molar-refractivity contribution in [1.29, 1.82) is 0 Å². The number of ether oxygens (including phenoxy) is 1. The van der Waals surface area contributed by atoms with E-state index >= 15 is 0 Å². The lowest BCUT2D eigenvalue weighted by atomic mass is 10.1. The molecule has 0 bridgehead atoms. The van der Waals surface area contributed by atoms with Crippen molar-refractivity contribution in [3.05, 3.63) is 48.2 Å². The summed E-state index contributed by atoms with van der Waals surface area (Å²) in [5, 5.41) is -0.0703. The Morgan fingerprint density at radius 3 is 2.81 bits per heavy atom. The van der Waals surface area contributed by atoms with Crippen LogP contribution in [0.5, 0.6) is 0 Å². The van der Waals surface area contributed by atoms with Gasteiger partial charge in [0.2, 0.25) is 0 Å². The highest BCUT2D eigenvalue weighted by Gasteiger charge is 2.20. The van der Waals surface area contributed by atoms with Gasteiger partial charge in [0.15, 0.2) is 5.03 Å². The van der Waals surface area contributed by atoms with Gasteiger partial charge in [0.25, 0.3) is 10.0 Å². The fraction of sp³-hybridized carbons (Fsp3) is 0.308. The second-order valence-electron chi connectivity index (χ2n) is 4.51. The van der Waals surface area contributed by atoms with Gasteiger partial charge in [-0.2, -0.15) is 0 Å². The smallest absolute Gasteiger partial charge is 0.259 e. The molecule has 1 N–H and O–H groups in total. The normalized spacial score (nSPS) is 13.3. The molecule has 6 nitrogen and oxygen atoms in total. The maximum atomic E-state index is 13.2. The molecule has 0 aliphatic heterocycles. The number of benzene rings is 1. The molecular weight excluding hydrogens is 297 g/mol. The van der Waals surface area contributed by atoms with E-state index in [9.17, 15) is 12.8 Å². The number of hydrogen-bond donors (Lipinski definition) is 1. The number of aryl methyl sites for hydroxylation is 1. The Bertz CT molecular complexity index is 715. The van der Waals surface area contributed by atoms with E-state index in [1.165, 1.54) is 36.3 Å². The number of methoxy groups -OCH3 is 1. The van der Waals surface area contributed by atoms with Crippen molar-refractivity contribution in [1.82, 2.24) is 14.3 Å². The number of nitrogens with one attached hydrogen (secondary N) is 1. The molecule has 0 spiro atoms. The summed E-state index contributed by atoms with van der Waals surface area (Å²) < 4.78 is 46.4. The number of aromatic nitrogens is 2. The number of nitrogens with zero attached hydrogens (tertiary/aromatic N) is 2. The highest BCUT2D eigenvalue weighted by molar-refractivity contribution is 7.89. The zero-order valence-corrected chi connectivity index (χ0v) is 12.5. The first-order valence-corrected chi connectivity index (χ1v) is 7.66. The van der Waals surface area contributed by atoms with E-state index in [2.05, 4.69) is 9.71 Å². The molecule has 0 saturated heterocycles. The number of hydrogen-bond acceptors (Lipinski definition) is 4. The molecule has 1 aromatic heterocycles. The van der Waals surface area contributed by atoms with Gasteiger partial charge >= 0.3 is 0 Å². The second-order valence-corrected chi connectivity index (χ2v) is 6.22. The molecule has 0 unspecified atom stereocenters. The third-order valence-corrected chi connectivity index (χ3v) is 4.23. The number of sulfonamides is 1. The largest absolute Gasteiger partial charge is 0.375 e. The first kappa shape index (κ1) is 15.6. The SMILES string of the molecule is CO[C@H](CNS(=O)(=O)c1cn(C)cn1)c1cccc(F)c1. The molecule has 1 heterocycles. The zero-order chi connectivity index (χ0) is 15.5. The van der Waals surface area contributed by atoms with E-state index in [1.54, 1.807) is 19.2 Å². The minimum absolute atomic E-state index is 0.0150. The Kier molecular flexibility index (Phi) is 4.71.